The van der Waals surface area contributed by atoms with Gasteiger partial charge >= 0.3 is 0 Å². The Balaban J connectivity index is 1.38. The molecule has 0 unspecified atom stereocenters. The lowest BCUT2D eigenvalue weighted by Gasteiger charge is -2.22. The third-order valence-electron chi connectivity index (χ3n) is 9.49. The summed E-state index contributed by atoms with van der Waals surface area (Å²) < 4.78 is 4.88. The number of rotatable bonds is 2. The first-order chi connectivity index (χ1) is 20.6. The predicted molar refractivity (Wildman–Crippen MR) is 178 cm³/mol. The predicted octanol–water partition coefficient (Wildman–Crippen LogP) is 10.5. The normalized spacial score (nSPS) is 14.8. The molecule has 2 heterocycles. The van der Waals surface area contributed by atoms with Gasteiger partial charge in [0.2, 0.25) is 0 Å². The second kappa shape index (κ2) is 8.47. The monoisotopic (exact) mass is 538 g/mol. The summed E-state index contributed by atoms with van der Waals surface area (Å²) in [6.07, 6.45) is 10.1. The first kappa shape index (κ1) is 23.6. The lowest BCUT2D eigenvalue weighted by Crippen LogP contribution is -2.15. The van der Waals surface area contributed by atoms with Gasteiger partial charge in [0.15, 0.2) is 0 Å². The highest BCUT2D eigenvalue weighted by Crippen LogP contribution is 2.53. The van der Waals surface area contributed by atoms with Crippen LogP contribution in [-0.2, 0) is 5.41 Å². The molecular weight excluding hydrogens is 508 g/mol. The molecule has 0 aliphatic heterocycles. The lowest BCUT2D eigenvalue weighted by atomic mass is 9.82. The molecule has 0 bridgehead atoms. The van der Waals surface area contributed by atoms with Crippen LogP contribution in [0.4, 0.5) is 0 Å². The summed E-state index contributed by atoms with van der Waals surface area (Å²) in [4.78, 5) is 0. The maximum Gasteiger partial charge on any atom is 0.0544 e. The lowest BCUT2D eigenvalue weighted by molar-refractivity contribution is 0.661. The van der Waals surface area contributed by atoms with E-state index in [-0.39, 0.29) is 5.41 Å². The summed E-state index contributed by atoms with van der Waals surface area (Å²) in [7, 11) is 0. The van der Waals surface area contributed by atoms with Gasteiger partial charge in [-0.2, -0.15) is 0 Å². The summed E-state index contributed by atoms with van der Waals surface area (Å²) in [5.74, 6) is 0. The maximum atomic E-state index is 2.47. The summed E-state index contributed by atoms with van der Waals surface area (Å²) in [6.45, 7) is 4.79. The maximum absolute atomic E-state index is 2.47. The van der Waals surface area contributed by atoms with E-state index in [1.165, 1.54) is 77.6 Å². The van der Waals surface area contributed by atoms with Crippen molar-refractivity contribution in [2.24, 2.45) is 0 Å². The summed E-state index contributed by atoms with van der Waals surface area (Å²) in [5.41, 5.74) is 14.1. The number of hydrogen-bond acceptors (Lipinski definition) is 0. The number of fused-ring (bicyclic) bond motifs is 9. The van der Waals surface area contributed by atoms with E-state index in [2.05, 4.69) is 156 Å². The molecule has 2 aliphatic carbocycles. The Kier molecular flexibility index (Phi) is 4.76. The van der Waals surface area contributed by atoms with Gasteiger partial charge in [-0.25, -0.2) is 0 Å². The summed E-state index contributed by atoms with van der Waals surface area (Å²) in [6, 6.07) is 40.3. The van der Waals surface area contributed by atoms with Gasteiger partial charge in [0, 0.05) is 38.5 Å². The number of aromatic nitrogens is 2. The number of para-hydroxylation sites is 3. The zero-order valence-corrected chi connectivity index (χ0v) is 23.8. The van der Waals surface area contributed by atoms with Gasteiger partial charge in [0.25, 0.3) is 0 Å². The molecule has 0 saturated carbocycles. The minimum absolute atomic E-state index is 0.139. The van der Waals surface area contributed by atoms with E-state index in [4.69, 9.17) is 0 Å². The molecule has 0 radical (unpaired) electrons. The molecule has 42 heavy (non-hydrogen) atoms. The number of hydrogen-bond donors (Lipinski definition) is 0. The minimum Gasteiger partial charge on any atom is -0.309 e. The molecule has 0 saturated heterocycles. The van der Waals surface area contributed by atoms with Crippen LogP contribution in [0.15, 0.2) is 121 Å². The van der Waals surface area contributed by atoms with E-state index in [0.29, 0.717) is 0 Å². The van der Waals surface area contributed by atoms with E-state index in [1.54, 1.807) is 0 Å². The molecule has 5 aromatic carbocycles. The molecule has 0 amide bonds. The molecule has 0 fully saturated rings. The van der Waals surface area contributed by atoms with Crippen molar-refractivity contribution in [2.45, 2.75) is 25.7 Å². The average molecular weight is 539 g/mol. The third kappa shape index (κ3) is 3.10. The van der Waals surface area contributed by atoms with Crippen LogP contribution in [0.5, 0.6) is 0 Å². The van der Waals surface area contributed by atoms with Crippen molar-refractivity contribution < 1.29 is 0 Å². The molecule has 2 aliphatic rings. The highest BCUT2D eigenvalue weighted by atomic mass is 15.0. The molecule has 0 spiro atoms. The fraction of sp³-hybridized carbons (Fsp3) is 0.100. The first-order valence-corrected chi connectivity index (χ1v) is 14.9. The Bertz CT molecular complexity index is 2270. The molecule has 200 valence electrons. The Morgan fingerprint density at radius 3 is 1.81 bits per heavy atom. The zero-order valence-electron chi connectivity index (χ0n) is 23.8. The van der Waals surface area contributed by atoms with Crippen molar-refractivity contribution in [2.75, 3.05) is 0 Å². The van der Waals surface area contributed by atoms with Crippen molar-refractivity contribution in [3.63, 3.8) is 0 Å². The summed E-state index contributed by atoms with van der Waals surface area (Å²) in [5, 5.41) is 3.91. The van der Waals surface area contributed by atoms with Crippen LogP contribution >= 0.6 is 0 Å². The van der Waals surface area contributed by atoms with E-state index in [1.807, 2.05) is 0 Å². The van der Waals surface area contributed by atoms with Gasteiger partial charge in [-0.1, -0.05) is 86.7 Å². The molecule has 2 heteroatoms. The third-order valence-corrected chi connectivity index (χ3v) is 9.49. The van der Waals surface area contributed by atoms with Crippen LogP contribution in [0.25, 0.3) is 67.4 Å². The second-order valence-electron chi connectivity index (χ2n) is 12.2. The highest BCUT2D eigenvalue weighted by molar-refractivity contribution is 6.12. The molecule has 2 aromatic heterocycles. The molecule has 2 nitrogen and oxygen atoms in total. The number of allylic oxidation sites excluding steroid dienone is 2. The highest BCUT2D eigenvalue weighted by Gasteiger charge is 2.37. The van der Waals surface area contributed by atoms with Crippen LogP contribution < -0.4 is 0 Å². The van der Waals surface area contributed by atoms with Crippen LogP contribution in [0, 0.1) is 0 Å². The topological polar surface area (TPSA) is 9.86 Å². The van der Waals surface area contributed by atoms with Crippen molar-refractivity contribution in [1.82, 2.24) is 9.13 Å². The van der Waals surface area contributed by atoms with Gasteiger partial charge in [-0.15, -0.1) is 0 Å². The van der Waals surface area contributed by atoms with Crippen molar-refractivity contribution in [3.8, 4) is 22.5 Å². The van der Waals surface area contributed by atoms with Gasteiger partial charge in [0.1, 0.15) is 0 Å². The second-order valence-corrected chi connectivity index (χ2v) is 12.2. The van der Waals surface area contributed by atoms with Gasteiger partial charge in [-0.3, -0.25) is 0 Å². The Morgan fingerprint density at radius 1 is 0.524 bits per heavy atom. The average Bonchev–Trinajstić information content (AvgIpc) is 3.49. The van der Waals surface area contributed by atoms with Crippen LogP contribution in [0.1, 0.15) is 42.7 Å². The molecule has 9 rings (SSSR count). The first-order valence-electron chi connectivity index (χ1n) is 14.9. The van der Waals surface area contributed by atoms with E-state index < -0.39 is 0 Å². The smallest absolute Gasteiger partial charge is 0.0544 e. The van der Waals surface area contributed by atoms with Crippen molar-refractivity contribution in [1.29, 1.82) is 0 Å². The van der Waals surface area contributed by atoms with E-state index in [0.717, 1.165) is 6.42 Å². The largest absolute Gasteiger partial charge is 0.309 e. The van der Waals surface area contributed by atoms with E-state index >= 15 is 0 Å². The zero-order chi connectivity index (χ0) is 28.0. The SMILES string of the molecule is CC1(C)c2cc3c(cc2-c2cc4c5ccccc5n(-c5ccccc5)c4cc21)c1c(n3-c2ccccc2)C=CCC=C1. The van der Waals surface area contributed by atoms with Crippen LogP contribution in [-0.4, -0.2) is 9.13 Å². The molecule has 0 atom stereocenters. The number of nitrogens with zero attached hydrogens (tertiary/aromatic N) is 2. The quantitative estimate of drug-likeness (QED) is 0.207. The van der Waals surface area contributed by atoms with Gasteiger partial charge in [0.05, 0.1) is 22.2 Å². The van der Waals surface area contributed by atoms with Crippen molar-refractivity contribution >= 4 is 44.9 Å². The molecule has 0 N–H and O–H groups in total. The standard InChI is InChI=1S/C40H30N2/c1-40(2)34-24-38-32(28-18-10-5-11-20-36(28)41(38)26-14-6-3-7-15-26)22-30(34)31-23-33-29-19-12-13-21-37(29)42(39(33)25-35(31)40)27-16-8-4-9-17-27/h3-4,6-25H,5H2,1-2H3. The van der Waals surface area contributed by atoms with Crippen LogP contribution in [0.2, 0.25) is 0 Å². The fourth-order valence-corrected chi connectivity index (χ4v) is 7.51. The minimum atomic E-state index is -0.139. The van der Waals surface area contributed by atoms with Gasteiger partial charge in [-0.05, 0) is 89.3 Å². The Morgan fingerprint density at radius 2 is 1.10 bits per heavy atom. The van der Waals surface area contributed by atoms with Gasteiger partial charge < -0.3 is 9.13 Å². The van der Waals surface area contributed by atoms with Crippen molar-refractivity contribution in [3.05, 3.63) is 144 Å². The fourth-order valence-electron chi connectivity index (χ4n) is 7.51. The molecular formula is C40H30N2. The van der Waals surface area contributed by atoms with E-state index in [9.17, 15) is 0 Å². The Labute approximate surface area is 245 Å². The van der Waals surface area contributed by atoms with Crippen LogP contribution in [0.3, 0.4) is 0 Å². The summed E-state index contributed by atoms with van der Waals surface area (Å²) >= 11 is 0. The molecule has 7 aromatic rings. The Hall–Kier alpha value is -5.08. The number of benzene rings is 5.